The quantitative estimate of drug-likeness (QED) is 0.367. The van der Waals surface area contributed by atoms with E-state index in [0.29, 0.717) is 24.3 Å². The van der Waals surface area contributed by atoms with Gasteiger partial charge in [-0.3, -0.25) is 9.59 Å². The number of hydrogen-bond donors (Lipinski definition) is 0. The van der Waals surface area contributed by atoms with Crippen LogP contribution in [0.5, 0.6) is 11.5 Å². The van der Waals surface area contributed by atoms with E-state index in [4.69, 9.17) is 9.47 Å². The summed E-state index contributed by atoms with van der Waals surface area (Å²) in [5, 5.41) is -0.182. The lowest BCUT2D eigenvalue weighted by molar-refractivity contribution is -0.140. The number of benzene rings is 2. The number of esters is 1. The topological polar surface area (TPSA) is 101 Å². The van der Waals surface area contributed by atoms with Crippen LogP contribution < -0.4 is 14.9 Å². The van der Waals surface area contributed by atoms with Crippen LogP contribution in [0.4, 0.5) is 4.39 Å². The third-order valence-electron chi connectivity index (χ3n) is 5.48. The van der Waals surface area contributed by atoms with E-state index < -0.39 is 27.1 Å². The molecule has 8 nitrogen and oxygen atoms in total. The second-order valence-corrected chi connectivity index (χ2v) is 10.2. The molecule has 0 atom stereocenters. The van der Waals surface area contributed by atoms with E-state index in [2.05, 4.69) is 4.74 Å². The zero-order chi connectivity index (χ0) is 25.6. The Morgan fingerprint density at radius 1 is 1.06 bits per heavy atom. The largest absolute Gasteiger partial charge is 0.497 e. The Kier molecular flexibility index (Phi) is 8.50. The third kappa shape index (κ3) is 6.19. The number of hydrogen-bond acceptors (Lipinski definition) is 7. The van der Waals surface area contributed by atoms with E-state index in [-0.39, 0.29) is 46.7 Å². The molecule has 0 N–H and O–H groups in total. The SMILES string of the molecule is CCCOc1ccc(F)c2c(=O)c(-c3ccc(OC)cc3)cn(CCS(=O)(=O)CCC(=O)OC)c12. The van der Waals surface area contributed by atoms with Crippen molar-refractivity contribution in [3.8, 4) is 22.6 Å². The minimum Gasteiger partial charge on any atom is -0.497 e. The molecular weight excluding hydrogens is 477 g/mol. The highest BCUT2D eigenvalue weighted by atomic mass is 32.2. The van der Waals surface area contributed by atoms with Crippen LogP contribution in [0, 0.1) is 5.82 Å². The maximum atomic E-state index is 15.0. The predicted octanol–water partition coefficient (Wildman–Crippen LogP) is 3.58. The van der Waals surface area contributed by atoms with E-state index in [0.717, 1.165) is 0 Å². The first-order valence-corrected chi connectivity index (χ1v) is 12.9. The Morgan fingerprint density at radius 2 is 1.77 bits per heavy atom. The van der Waals surface area contributed by atoms with Crippen molar-refractivity contribution in [1.82, 2.24) is 4.57 Å². The van der Waals surface area contributed by atoms with Crippen LogP contribution >= 0.6 is 0 Å². The summed E-state index contributed by atoms with van der Waals surface area (Å²) in [6.45, 7) is 2.18. The van der Waals surface area contributed by atoms with Crippen LogP contribution in [-0.2, 0) is 25.9 Å². The average molecular weight is 506 g/mol. The zero-order valence-electron chi connectivity index (χ0n) is 19.9. The first kappa shape index (κ1) is 26.2. The minimum absolute atomic E-state index is 0.0740. The van der Waals surface area contributed by atoms with Gasteiger partial charge in [-0.15, -0.1) is 0 Å². The lowest BCUT2D eigenvalue weighted by atomic mass is 10.0. The van der Waals surface area contributed by atoms with Crippen LogP contribution in [0.15, 0.2) is 47.4 Å². The van der Waals surface area contributed by atoms with Gasteiger partial charge in [-0.1, -0.05) is 19.1 Å². The number of rotatable bonds is 11. The van der Waals surface area contributed by atoms with Crippen molar-refractivity contribution in [1.29, 1.82) is 0 Å². The predicted molar refractivity (Wildman–Crippen MR) is 131 cm³/mol. The summed E-state index contributed by atoms with van der Waals surface area (Å²) < 4.78 is 57.1. The fourth-order valence-corrected chi connectivity index (χ4v) is 4.78. The summed E-state index contributed by atoms with van der Waals surface area (Å²) in [6, 6.07) is 9.31. The van der Waals surface area contributed by atoms with Crippen molar-refractivity contribution in [3.05, 3.63) is 58.6 Å². The summed E-state index contributed by atoms with van der Waals surface area (Å²) >= 11 is 0. The van der Waals surface area contributed by atoms with Gasteiger partial charge in [0.25, 0.3) is 0 Å². The highest BCUT2D eigenvalue weighted by Gasteiger charge is 2.20. The Bertz CT molecular complexity index is 1370. The molecule has 0 unspecified atom stereocenters. The van der Waals surface area contributed by atoms with Crippen LogP contribution in [0.25, 0.3) is 22.0 Å². The average Bonchev–Trinajstić information content (AvgIpc) is 2.86. The van der Waals surface area contributed by atoms with Crippen molar-refractivity contribution >= 4 is 26.7 Å². The van der Waals surface area contributed by atoms with Crippen molar-refractivity contribution in [2.24, 2.45) is 0 Å². The highest BCUT2D eigenvalue weighted by Crippen LogP contribution is 2.30. The fourth-order valence-electron chi connectivity index (χ4n) is 3.62. The molecule has 0 fully saturated rings. The maximum Gasteiger partial charge on any atom is 0.306 e. The van der Waals surface area contributed by atoms with Crippen LogP contribution in [0.3, 0.4) is 0 Å². The second kappa shape index (κ2) is 11.4. The molecule has 3 aromatic rings. The number of halogens is 1. The Morgan fingerprint density at radius 3 is 2.40 bits per heavy atom. The number of nitrogens with zero attached hydrogens (tertiary/aromatic N) is 1. The number of sulfone groups is 1. The number of ether oxygens (including phenoxy) is 3. The third-order valence-corrected chi connectivity index (χ3v) is 7.12. The van der Waals surface area contributed by atoms with Crippen LogP contribution in [0.1, 0.15) is 19.8 Å². The van der Waals surface area contributed by atoms with Crippen molar-refractivity contribution in [3.63, 3.8) is 0 Å². The standard InChI is InChI=1S/C25H28FNO7S/c1-4-13-34-21-10-9-20(26)23-24(21)27(12-15-35(30,31)14-11-22(28)33-3)16-19(25(23)29)17-5-7-18(32-2)8-6-17/h5-10,16H,4,11-15H2,1-3H3. The first-order valence-electron chi connectivity index (χ1n) is 11.1. The summed E-state index contributed by atoms with van der Waals surface area (Å²) in [7, 11) is -0.932. The van der Waals surface area contributed by atoms with Crippen LogP contribution in [-0.4, -0.2) is 51.3 Å². The van der Waals surface area contributed by atoms with E-state index >= 15 is 4.39 Å². The Labute approximate surface area is 203 Å². The number of fused-ring (bicyclic) bond motifs is 1. The van der Waals surface area contributed by atoms with Gasteiger partial charge in [-0.25, -0.2) is 12.8 Å². The number of aryl methyl sites for hydroxylation is 1. The van der Waals surface area contributed by atoms with E-state index in [1.165, 1.54) is 37.1 Å². The van der Waals surface area contributed by atoms with Crippen molar-refractivity contribution in [2.75, 3.05) is 32.3 Å². The molecule has 0 saturated carbocycles. The Balaban J connectivity index is 2.14. The highest BCUT2D eigenvalue weighted by molar-refractivity contribution is 7.91. The van der Waals surface area contributed by atoms with Gasteiger partial charge in [0.05, 0.1) is 49.7 Å². The summed E-state index contributed by atoms with van der Waals surface area (Å²) in [5.74, 6) is -1.18. The lowest BCUT2D eigenvalue weighted by Gasteiger charge is -2.18. The van der Waals surface area contributed by atoms with Gasteiger partial charge in [-0.05, 0) is 36.2 Å². The number of aromatic nitrogens is 1. The summed E-state index contributed by atoms with van der Waals surface area (Å²) in [4.78, 5) is 24.8. The molecule has 0 spiro atoms. The molecule has 1 heterocycles. The van der Waals surface area contributed by atoms with Gasteiger partial charge in [0.2, 0.25) is 0 Å². The monoisotopic (exact) mass is 505 g/mol. The molecule has 0 saturated heterocycles. The van der Waals surface area contributed by atoms with Gasteiger partial charge in [0.1, 0.15) is 17.3 Å². The minimum atomic E-state index is -3.64. The molecular formula is C25H28FNO7S. The summed E-state index contributed by atoms with van der Waals surface area (Å²) in [6.07, 6.45) is 1.94. The molecule has 0 radical (unpaired) electrons. The molecule has 0 bridgehead atoms. The number of methoxy groups -OCH3 is 2. The number of pyridine rings is 1. The van der Waals surface area contributed by atoms with Crippen molar-refractivity contribution in [2.45, 2.75) is 26.3 Å². The van der Waals surface area contributed by atoms with Gasteiger partial charge >= 0.3 is 5.97 Å². The number of carbonyl (C=O) groups is 1. The lowest BCUT2D eigenvalue weighted by Crippen LogP contribution is -2.21. The van der Waals surface area contributed by atoms with Crippen molar-refractivity contribution < 1.29 is 31.8 Å². The molecule has 0 aliphatic heterocycles. The van der Waals surface area contributed by atoms with E-state index in [1.807, 2.05) is 6.92 Å². The van der Waals surface area contributed by atoms with E-state index in [1.54, 1.807) is 24.3 Å². The summed E-state index contributed by atoms with van der Waals surface area (Å²) in [5.41, 5.74) is 0.385. The second-order valence-electron chi connectivity index (χ2n) is 7.89. The van der Waals surface area contributed by atoms with Gasteiger partial charge in [0.15, 0.2) is 15.3 Å². The molecule has 0 amide bonds. The fraction of sp³-hybridized carbons (Fsp3) is 0.360. The molecule has 1 aromatic heterocycles. The Hall–Kier alpha value is -3.40. The molecule has 35 heavy (non-hydrogen) atoms. The van der Waals surface area contributed by atoms with E-state index in [9.17, 15) is 18.0 Å². The van der Waals surface area contributed by atoms with Gasteiger partial charge in [0, 0.05) is 18.3 Å². The van der Waals surface area contributed by atoms with Gasteiger partial charge < -0.3 is 18.8 Å². The van der Waals surface area contributed by atoms with Gasteiger partial charge in [-0.2, -0.15) is 0 Å². The molecule has 3 rings (SSSR count). The number of carbonyl (C=O) groups excluding carboxylic acids is 1. The first-order chi connectivity index (χ1) is 16.7. The normalized spacial score (nSPS) is 11.4. The zero-order valence-corrected chi connectivity index (χ0v) is 20.7. The molecule has 0 aliphatic carbocycles. The smallest absolute Gasteiger partial charge is 0.306 e. The molecule has 188 valence electrons. The van der Waals surface area contributed by atoms with Crippen LogP contribution in [0.2, 0.25) is 0 Å². The maximum absolute atomic E-state index is 15.0. The molecule has 2 aromatic carbocycles. The molecule has 0 aliphatic rings. The molecule has 10 heteroatoms.